The second-order valence-electron chi connectivity index (χ2n) is 8.14. The summed E-state index contributed by atoms with van der Waals surface area (Å²) < 4.78 is 22.2. The molecule has 2 aromatic carbocycles. The number of urea groups is 1. The molecule has 0 saturated carbocycles. The maximum Gasteiger partial charge on any atom is 0.331 e. The van der Waals surface area contributed by atoms with E-state index in [2.05, 4.69) is 5.32 Å². The average Bonchev–Trinajstić information content (AvgIpc) is 3.38. The van der Waals surface area contributed by atoms with E-state index < -0.39 is 17.8 Å². The maximum absolute atomic E-state index is 12.9. The molecule has 0 unspecified atom stereocenters. The van der Waals surface area contributed by atoms with Gasteiger partial charge in [-0.15, -0.1) is 0 Å². The molecule has 0 radical (unpaired) electrons. The summed E-state index contributed by atoms with van der Waals surface area (Å²) in [6.45, 7) is 4.60. The summed E-state index contributed by atoms with van der Waals surface area (Å²) in [5, 5.41) is 2.18. The number of hydrogen-bond acceptors (Lipinski definition) is 7. The van der Waals surface area contributed by atoms with Crippen molar-refractivity contribution in [2.75, 3.05) is 20.3 Å². The van der Waals surface area contributed by atoms with E-state index in [-0.39, 0.29) is 18.7 Å². The van der Waals surface area contributed by atoms with Gasteiger partial charge in [-0.3, -0.25) is 19.8 Å². The van der Waals surface area contributed by atoms with Crippen LogP contribution in [0.3, 0.4) is 0 Å². The Balaban J connectivity index is 1.43. The first-order chi connectivity index (χ1) is 17.4. The number of hydrogen-bond donors (Lipinski definition) is 1. The summed E-state index contributed by atoms with van der Waals surface area (Å²) in [5.74, 6) is 0.592. The third kappa shape index (κ3) is 5.57. The van der Waals surface area contributed by atoms with E-state index in [4.69, 9.17) is 18.6 Å². The van der Waals surface area contributed by atoms with E-state index >= 15 is 0 Å². The Morgan fingerprint density at radius 1 is 0.944 bits per heavy atom. The molecule has 1 aliphatic heterocycles. The molecular formula is C27H26N2O7. The van der Waals surface area contributed by atoms with Crippen molar-refractivity contribution >= 4 is 23.9 Å². The number of furan rings is 1. The van der Waals surface area contributed by atoms with Crippen molar-refractivity contribution in [2.24, 2.45) is 0 Å². The van der Waals surface area contributed by atoms with Crippen molar-refractivity contribution in [3.8, 4) is 17.2 Å². The SMILES string of the molecule is COc1cc(/C=C2/C(=O)NC(=O)N(Cc3ccco3)C2=O)ccc1OCCOc1ccc(C)c(C)c1. The van der Waals surface area contributed by atoms with E-state index in [1.54, 1.807) is 30.3 Å². The van der Waals surface area contributed by atoms with Gasteiger partial charge in [-0.2, -0.15) is 0 Å². The second-order valence-corrected chi connectivity index (χ2v) is 8.14. The minimum Gasteiger partial charge on any atom is -0.493 e. The summed E-state index contributed by atoms with van der Waals surface area (Å²) in [6, 6.07) is 13.4. The highest BCUT2D eigenvalue weighted by atomic mass is 16.5. The topological polar surface area (TPSA) is 107 Å². The van der Waals surface area contributed by atoms with Crippen LogP contribution in [0.4, 0.5) is 4.79 Å². The zero-order valence-corrected chi connectivity index (χ0v) is 20.2. The zero-order valence-electron chi connectivity index (χ0n) is 20.2. The minimum absolute atomic E-state index is 0.0946. The highest BCUT2D eigenvalue weighted by Gasteiger charge is 2.36. The quantitative estimate of drug-likeness (QED) is 0.274. The number of nitrogens with one attached hydrogen (secondary N) is 1. The fourth-order valence-electron chi connectivity index (χ4n) is 3.57. The number of benzene rings is 2. The smallest absolute Gasteiger partial charge is 0.331 e. The lowest BCUT2D eigenvalue weighted by molar-refractivity contribution is -0.130. The van der Waals surface area contributed by atoms with E-state index in [9.17, 15) is 14.4 Å². The maximum atomic E-state index is 12.9. The molecule has 1 aromatic heterocycles. The molecule has 1 saturated heterocycles. The fraction of sp³-hybridized carbons (Fsp3) is 0.222. The van der Waals surface area contributed by atoms with Crippen LogP contribution in [0.5, 0.6) is 17.2 Å². The molecule has 1 N–H and O–H groups in total. The number of amides is 4. The van der Waals surface area contributed by atoms with Gasteiger partial charge < -0.3 is 18.6 Å². The van der Waals surface area contributed by atoms with Gasteiger partial charge in [0.25, 0.3) is 11.8 Å². The number of carbonyl (C=O) groups is 3. The molecule has 0 spiro atoms. The van der Waals surface area contributed by atoms with Gasteiger partial charge in [-0.1, -0.05) is 12.1 Å². The van der Waals surface area contributed by atoms with E-state index in [0.717, 1.165) is 16.2 Å². The van der Waals surface area contributed by atoms with Crippen molar-refractivity contribution in [3.63, 3.8) is 0 Å². The number of rotatable bonds is 9. The van der Waals surface area contributed by atoms with Crippen molar-refractivity contribution in [1.29, 1.82) is 0 Å². The number of methoxy groups -OCH3 is 1. The first-order valence-electron chi connectivity index (χ1n) is 11.3. The third-order valence-corrected chi connectivity index (χ3v) is 5.67. The second kappa shape index (κ2) is 10.8. The lowest BCUT2D eigenvalue weighted by Crippen LogP contribution is -2.53. The van der Waals surface area contributed by atoms with Crippen molar-refractivity contribution in [3.05, 3.63) is 82.8 Å². The van der Waals surface area contributed by atoms with Gasteiger partial charge >= 0.3 is 6.03 Å². The first-order valence-corrected chi connectivity index (χ1v) is 11.3. The number of imide groups is 2. The van der Waals surface area contributed by atoms with Gasteiger partial charge in [0.05, 0.1) is 19.9 Å². The Labute approximate surface area is 208 Å². The van der Waals surface area contributed by atoms with Gasteiger partial charge in [-0.25, -0.2) is 4.79 Å². The molecule has 0 aliphatic carbocycles. The van der Waals surface area contributed by atoms with Crippen molar-refractivity contribution < 1.29 is 33.0 Å². The van der Waals surface area contributed by atoms with Crippen LogP contribution in [0.15, 0.2) is 64.8 Å². The molecule has 186 valence electrons. The van der Waals surface area contributed by atoms with Gasteiger partial charge in [0, 0.05) is 0 Å². The van der Waals surface area contributed by atoms with Crippen LogP contribution in [-0.2, 0) is 16.1 Å². The van der Waals surface area contributed by atoms with Gasteiger partial charge in [0.15, 0.2) is 11.5 Å². The predicted molar refractivity (Wildman–Crippen MR) is 131 cm³/mol. The molecule has 4 rings (SSSR count). The molecular weight excluding hydrogens is 464 g/mol. The molecule has 9 heteroatoms. The summed E-state index contributed by atoms with van der Waals surface area (Å²) in [5.41, 5.74) is 2.69. The molecule has 9 nitrogen and oxygen atoms in total. The monoisotopic (exact) mass is 490 g/mol. The molecule has 1 fully saturated rings. The number of ether oxygens (including phenoxy) is 3. The Morgan fingerprint density at radius 2 is 1.75 bits per heavy atom. The Hall–Kier alpha value is -4.53. The first kappa shape index (κ1) is 24.6. The fourth-order valence-corrected chi connectivity index (χ4v) is 3.57. The molecule has 36 heavy (non-hydrogen) atoms. The number of nitrogens with zero attached hydrogens (tertiary/aromatic N) is 1. The Kier molecular flexibility index (Phi) is 7.39. The number of carbonyl (C=O) groups excluding carboxylic acids is 3. The summed E-state index contributed by atoms with van der Waals surface area (Å²) in [4.78, 5) is 38.4. The van der Waals surface area contributed by atoms with Crippen LogP contribution in [0.25, 0.3) is 6.08 Å². The van der Waals surface area contributed by atoms with Gasteiger partial charge in [0.1, 0.15) is 30.3 Å². The molecule has 3 aromatic rings. The van der Waals surface area contributed by atoms with Crippen LogP contribution in [-0.4, -0.2) is 43.1 Å². The molecule has 2 heterocycles. The van der Waals surface area contributed by atoms with Crippen LogP contribution < -0.4 is 19.5 Å². The van der Waals surface area contributed by atoms with E-state index in [1.807, 2.05) is 32.0 Å². The standard InChI is InChI=1S/C27H26N2O7/c1-17-6-8-20(13-18(17)2)35-11-12-36-23-9-7-19(15-24(23)33-3)14-22-25(30)28-27(32)29(26(22)31)16-21-5-4-10-34-21/h4-10,13-15H,11-12,16H2,1-3H3,(H,28,30,32)/b22-14-. The van der Waals surface area contributed by atoms with E-state index in [0.29, 0.717) is 29.4 Å². The van der Waals surface area contributed by atoms with Crippen LogP contribution in [0.1, 0.15) is 22.5 Å². The highest BCUT2D eigenvalue weighted by molar-refractivity contribution is 6.30. The summed E-state index contributed by atoms with van der Waals surface area (Å²) in [6.07, 6.45) is 2.84. The summed E-state index contributed by atoms with van der Waals surface area (Å²) >= 11 is 0. The van der Waals surface area contributed by atoms with Crippen molar-refractivity contribution in [1.82, 2.24) is 10.2 Å². The Bertz CT molecular complexity index is 1310. The van der Waals surface area contributed by atoms with E-state index in [1.165, 1.54) is 25.0 Å². The minimum atomic E-state index is -0.803. The largest absolute Gasteiger partial charge is 0.493 e. The van der Waals surface area contributed by atoms with Crippen LogP contribution in [0.2, 0.25) is 0 Å². The average molecular weight is 491 g/mol. The zero-order chi connectivity index (χ0) is 25.7. The molecule has 4 amide bonds. The molecule has 0 atom stereocenters. The number of aryl methyl sites for hydroxylation is 2. The number of barbiturate groups is 1. The lowest BCUT2D eigenvalue weighted by atomic mass is 10.1. The van der Waals surface area contributed by atoms with Crippen LogP contribution >= 0.6 is 0 Å². The third-order valence-electron chi connectivity index (χ3n) is 5.67. The highest BCUT2D eigenvalue weighted by Crippen LogP contribution is 2.29. The lowest BCUT2D eigenvalue weighted by Gasteiger charge is -2.25. The van der Waals surface area contributed by atoms with Crippen LogP contribution in [0, 0.1) is 13.8 Å². The van der Waals surface area contributed by atoms with Crippen molar-refractivity contribution in [2.45, 2.75) is 20.4 Å². The normalized spacial score (nSPS) is 14.7. The summed E-state index contributed by atoms with van der Waals surface area (Å²) in [7, 11) is 1.49. The predicted octanol–water partition coefficient (Wildman–Crippen LogP) is 4.02. The van der Waals surface area contributed by atoms with Gasteiger partial charge in [0.2, 0.25) is 0 Å². The van der Waals surface area contributed by atoms with Gasteiger partial charge in [-0.05, 0) is 73.0 Å². The molecule has 0 bridgehead atoms. The Morgan fingerprint density at radius 3 is 2.47 bits per heavy atom. The molecule has 1 aliphatic rings.